The summed E-state index contributed by atoms with van der Waals surface area (Å²) in [5.41, 5.74) is 1.32. The highest BCUT2D eigenvalue weighted by atomic mass is 127. The topological polar surface area (TPSA) is 46.1 Å². The number of rotatable bonds is 4. The monoisotopic (exact) mass is 479 g/mol. The molecule has 3 rings (SSSR count). The Labute approximate surface area is 172 Å². The van der Waals surface area contributed by atoms with Crippen LogP contribution in [0.5, 0.6) is 5.75 Å². The van der Waals surface area contributed by atoms with Crippen LogP contribution in [-0.4, -0.2) is 50.8 Å². The summed E-state index contributed by atoms with van der Waals surface area (Å²) >= 11 is 6.12. The van der Waals surface area contributed by atoms with E-state index in [-0.39, 0.29) is 24.0 Å². The van der Waals surface area contributed by atoms with Crippen molar-refractivity contribution in [3.63, 3.8) is 0 Å². The normalized spacial score (nSPS) is 23.0. The number of likely N-dealkylation sites (tertiary alicyclic amines) is 1. The summed E-state index contributed by atoms with van der Waals surface area (Å²) in [6.07, 6.45) is 2.34. The lowest BCUT2D eigenvalue weighted by atomic mass is 9.87. The van der Waals surface area contributed by atoms with E-state index >= 15 is 0 Å². The molecule has 2 fully saturated rings. The van der Waals surface area contributed by atoms with Crippen LogP contribution in [0.1, 0.15) is 25.3 Å². The summed E-state index contributed by atoms with van der Waals surface area (Å²) in [6.45, 7) is 7.32. The Bertz CT molecular complexity index is 606. The van der Waals surface area contributed by atoms with E-state index in [1.807, 2.05) is 18.2 Å². The average Bonchev–Trinajstić information content (AvgIpc) is 3.22. The number of hydrogen-bond acceptors (Lipinski definition) is 3. The molecule has 2 heterocycles. The highest BCUT2D eigenvalue weighted by Gasteiger charge is 2.42. The summed E-state index contributed by atoms with van der Waals surface area (Å²) in [4.78, 5) is 7.18. The van der Waals surface area contributed by atoms with Crippen molar-refractivity contribution in [2.75, 3.05) is 40.0 Å². The van der Waals surface area contributed by atoms with Gasteiger partial charge in [-0.05, 0) is 38.0 Å². The summed E-state index contributed by atoms with van der Waals surface area (Å²) in [7, 11) is 1.67. The van der Waals surface area contributed by atoms with Gasteiger partial charge in [0.05, 0.1) is 20.3 Å². The molecule has 7 heteroatoms. The molecule has 140 valence electrons. The van der Waals surface area contributed by atoms with Crippen LogP contribution in [0.15, 0.2) is 23.2 Å². The van der Waals surface area contributed by atoms with Gasteiger partial charge in [-0.3, -0.25) is 0 Å². The second-order valence-corrected chi connectivity index (χ2v) is 7.04. The van der Waals surface area contributed by atoms with E-state index < -0.39 is 0 Å². The maximum atomic E-state index is 6.12. The molecule has 1 spiro atoms. The second-order valence-electron chi connectivity index (χ2n) is 6.60. The van der Waals surface area contributed by atoms with E-state index in [1.165, 1.54) is 6.42 Å². The molecule has 2 aliphatic heterocycles. The maximum Gasteiger partial charge on any atom is 0.194 e. The van der Waals surface area contributed by atoms with Crippen molar-refractivity contribution >= 4 is 41.5 Å². The first-order chi connectivity index (χ1) is 11.7. The minimum absolute atomic E-state index is 0. The Morgan fingerprint density at radius 2 is 2.28 bits per heavy atom. The number of guanidine groups is 1. The van der Waals surface area contributed by atoms with Crippen molar-refractivity contribution in [3.05, 3.63) is 28.8 Å². The van der Waals surface area contributed by atoms with Crippen LogP contribution in [-0.2, 0) is 11.3 Å². The zero-order valence-electron chi connectivity index (χ0n) is 14.9. The van der Waals surface area contributed by atoms with Gasteiger partial charge in [-0.1, -0.05) is 11.6 Å². The molecule has 0 aliphatic carbocycles. The Hall–Kier alpha value is -0.730. The molecule has 2 saturated heterocycles. The Balaban J connectivity index is 0.00000225. The van der Waals surface area contributed by atoms with Gasteiger partial charge in [0.2, 0.25) is 0 Å². The SMILES string of the molecule is CCNC(=NCc1cc(Cl)ccc1OC)N1CCC2(CCOC2)C1.I. The number of hydrogen-bond donors (Lipinski definition) is 1. The number of nitrogens with one attached hydrogen (secondary N) is 1. The summed E-state index contributed by atoms with van der Waals surface area (Å²) in [5, 5.41) is 4.12. The average molecular weight is 480 g/mol. The van der Waals surface area contributed by atoms with Crippen LogP contribution in [0.4, 0.5) is 0 Å². The number of benzene rings is 1. The number of halogens is 2. The molecule has 0 aromatic heterocycles. The lowest BCUT2D eigenvalue weighted by Crippen LogP contribution is -2.41. The third-order valence-corrected chi connectivity index (χ3v) is 5.13. The highest BCUT2D eigenvalue weighted by molar-refractivity contribution is 14.0. The molecule has 2 aliphatic rings. The van der Waals surface area contributed by atoms with E-state index in [2.05, 4.69) is 17.1 Å². The third-order valence-electron chi connectivity index (χ3n) is 4.90. The predicted octanol–water partition coefficient (Wildman–Crippen LogP) is 3.54. The van der Waals surface area contributed by atoms with Gasteiger partial charge in [-0.2, -0.15) is 0 Å². The van der Waals surface area contributed by atoms with E-state index in [0.29, 0.717) is 17.0 Å². The maximum absolute atomic E-state index is 6.12. The second kappa shape index (κ2) is 9.28. The van der Waals surface area contributed by atoms with Crippen LogP contribution in [0.3, 0.4) is 0 Å². The number of ether oxygens (including phenoxy) is 2. The van der Waals surface area contributed by atoms with Gasteiger partial charge in [0.25, 0.3) is 0 Å². The van der Waals surface area contributed by atoms with Gasteiger partial charge in [0, 0.05) is 42.2 Å². The van der Waals surface area contributed by atoms with Crippen LogP contribution < -0.4 is 10.1 Å². The van der Waals surface area contributed by atoms with Crippen LogP contribution in [0.25, 0.3) is 0 Å². The molecule has 0 radical (unpaired) electrons. The van der Waals surface area contributed by atoms with Crippen molar-refractivity contribution in [3.8, 4) is 5.75 Å². The molecule has 25 heavy (non-hydrogen) atoms. The van der Waals surface area contributed by atoms with Gasteiger partial charge in [0.1, 0.15) is 5.75 Å². The molecule has 0 amide bonds. The molecule has 1 unspecified atom stereocenters. The fraction of sp³-hybridized carbons (Fsp3) is 0.611. The molecule has 1 aromatic carbocycles. The summed E-state index contributed by atoms with van der Waals surface area (Å²) in [5.74, 6) is 1.78. The highest BCUT2D eigenvalue weighted by Crippen LogP contribution is 2.38. The van der Waals surface area contributed by atoms with Crippen molar-refractivity contribution in [1.29, 1.82) is 0 Å². The molecule has 1 aromatic rings. The van der Waals surface area contributed by atoms with Crippen LogP contribution in [0, 0.1) is 5.41 Å². The summed E-state index contributed by atoms with van der Waals surface area (Å²) in [6, 6.07) is 5.65. The minimum atomic E-state index is 0. The van der Waals surface area contributed by atoms with E-state index in [0.717, 1.165) is 56.5 Å². The first-order valence-electron chi connectivity index (χ1n) is 8.59. The molecule has 0 bridgehead atoms. The molecular weight excluding hydrogens is 453 g/mol. The third kappa shape index (κ3) is 4.92. The predicted molar refractivity (Wildman–Crippen MR) is 112 cm³/mol. The number of methoxy groups -OCH3 is 1. The van der Waals surface area contributed by atoms with E-state index in [9.17, 15) is 0 Å². The van der Waals surface area contributed by atoms with Gasteiger partial charge in [-0.25, -0.2) is 4.99 Å². The fourth-order valence-electron chi connectivity index (χ4n) is 3.54. The van der Waals surface area contributed by atoms with Gasteiger partial charge < -0.3 is 19.7 Å². The Kier molecular flexibility index (Phi) is 7.64. The molecular formula is C18H27ClIN3O2. The quantitative estimate of drug-likeness (QED) is 0.408. The lowest BCUT2D eigenvalue weighted by Gasteiger charge is -2.25. The number of aliphatic imine (C=N–C) groups is 1. The molecule has 0 saturated carbocycles. The van der Waals surface area contributed by atoms with Crippen molar-refractivity contribution < 1.29 is 9.47 Å². The van der Waals surface area contributed by atoms with E-state index in [1.54, 1.807) is 7.11 Å². The molecule has 1 atom stereocenters. The van der Waals surface area contributed by atoms with Gasteiger partial charge >= 0.3 is 0 Å². The van der Waals surface area contributed by atoms with Crippen molar-refractivity contribution in [2.45, 2.75) is 26.3 Å². The standard InChI is InChI=1S/C18H26ClN3O2.HI/c1-3-20-17(22-8-6-18(12-22)7-9-24-13-18)21-11-14-10-15(19)4-5-16(14)23-2;/h4-5,10H,3,6-9,11-13H2,1-2H3,(H,20,21);1H. The largest absolute Gasteiger partial charge is 0.496 e. The molecule has 5 nitrogen and oxygen atoms in total. The lowest BCUT2D eigenvalue weighted by molar-refractivity contribution is 0.156. The van der Waals surface area contributed by atoms with Gasteiger partial charge in [-0.15, -0.1) is 24.0 Å². The van der Waals surface area contributed by atoms with Crippen molar-refractivity contribution in [1.82, 2.24) is 10.2 Å². The fourth-order valence-corrected chi connectivity index (χ4v) is 3.74. The summed E-state index contributed by atoms with van der Waals surface area (Å²) < 4.78 is 11.0. The zero-order chi connectivity index (χ0) is 17.0. The van der Waals surface area contributed by atoms with E-state index in [4.69, 9.17) is 26.1 Å². The number of nitrogens with zero attached hydrogens (tertiary/aromatic N) is 2. The Morgan fingerprint density at radius 1 is 1.44 bits per heavy atom. The smallest absolute Gasteiger partial charge is 0.194 e. The van der Waals surface area contributed by atoms with Gasteiger partial charge in [0.15, 0.2) is 5.96 Å². The molecule has 1 N–H and O–H groups in total. The minimum Gasteiger partial charge on any atom is -0.496 e. The van der Waals surface area contributed by atoms with Crippen LogP contribution in [0.2, 0.25) is 5.02 Å². The first kappa shape index (κ1) is 20.6. The Morgan fingerprint density at radius 3 is 2.96 bits per heavy atom. The zero-order valence-corrected chi connectivity index (χ0v) is 18.0. The first-order valence-corrected chi connectivity index (χ1v) is 8.97. The van der Waals surface area contributed by atoms with Crippen molar-refractivity contribution in [2.24, 2.45) is 10.4 Å². The van der Waals surface area contributed by atoms with Crippen LogP contribution >= 0.6 is 35.6 Å².